The lowest BCUT2D eigenvalue weighted by Gasteiger charge is -2.62. The van der Waals surface area contributed by atoms with Gasteiger partial charge in [0.15, 0.2) is 0 Å². The maximum absolute atomic E-state index is 12.7. The third-order valence-corrected chi connectivity index (χ3v) is 35.4. The summed E-state index contributed by atoms with van der Waals surface area (Å²) in [6.45, 7) is 34.6. The van der Waals surface area contributed by atoms with E-state index >= 15 is 0 Å². The molecule has 644 valence electrons. The molecule has 0 bridgehead atoms. The van der Waals surface area contributed by atoms with Crippen molar-refractivity contribution >= 4 is 42.8 Å². The minimum absolute atomic E-state index is 0.00283. The van der Waals surface area contributed by atoms with Gasteiger partial charge < -0.3 is 31.7 Å². The molecule has 0 saturated heterocycles. The minimum Gasteiger partial charge on any atom is -0.393 e. The summed E-state index contributed by atoms with van der Waals surface area (Å²) in [6.07, 6.45) is 11.5. The monoisotopic (exact) mass is 1630 g/mol. The molecule has 12 rings (SSSR count). The average Bonchev–Trinajstić information content (AvgIpc) is 1.68. The number of hydrogen-bond donors (Lipinski definition) is 9. The number of aliphatic hydroxyl groups is 3. The number of unbranched alkanes of at least 4 members (excludes halogenated alkanes) is 1. The summed E-state index contributed by atoms with van der Waals surface area (Å²) >= 11 is 0. The number of nitrogens with one attached hydrogen (secondary N) is 2. The first-order chi connectivity index (χ1) is 54.8. The molecular formula is C88H157N3O17S3. The van der Waals surface area contributed by atoms with Gasteiger partial charge in [0.2, 0.25) is 0 Å². The average molecular weight is 1630 g/mol. The second-order valence-corrected chi connectivity index (χ2v) is 44.1. The van der Waals surface area contributed by atoms with Crippen LogP contribution >= 0.6 is 0 Å². The van der Waals surface area contributed by atoms with E-state index < -0.39 is 122 Å². The van der Waals surface area contributed by atoms with E-state index in [2.05, 4.69) is 66.0 Å². The van der Waals surface area contributed by atoms with Crippen molar-refractivity contribution in [2.24, 2.45) is 162 Å². The molecule has 12 saturated carbocycles. The molecular weight excluding hydrogens is 1470 g/mol. The van der Waals surface area contributed by atoms with Gasteiger partial charge in [0.25, 0.3) is 0 Å². The number of ketones is 2. The maximum Gasteiger partial charge on any atom is 0.397 e. The number of nitrogens with two attached hydrogens (primary N) is 1. The minimum atomic E-state index is -4.52. The standard InChI is InChI=1S/C34H65N3O5S.2C27H46O6S/c1-23(2)31(42-43(39,40)41)12-9-24(3)27-10-11-28-32-29(14-16-34(27,28)5)33(4)15-13-26(21-25(33)22-30(32)38)37-20-8-19-36-18-7-6-17-35;2*1-16(2)24(33-34(30,31)32)9-6-17(3)20-7-8-21-25-22(11-13-27(20,21)5)26(4)12-10-19(28)14-18(26)15-23(25)29/h23-32,36-38H,6-22,35H2,1-5H3,(H,39,40,41);2*16-18,20-25,29H,6-15H2,1-5H3,(H,30,31,32)/t24-,25-,26+,27-,28?,29?,30-,31-,32?,33+,34-;2*17-,18-,20-,21?,22?,23-,24-,25?,26+,27-/m111/s1/i13D2,21D2;10D2,14D2;. The predicted octanol–water partition coefficient (Wildman–Crippen LogP) is 16.4. The molecule has 12 aliphatic rings. The number of carbonyl (C=O) groups excluding carboxylic acids is 2. The SMILES string of the molecule is CC(C)[C@@H](CC[C@@H](C)[C@H]1CCC2C3C(CC[C@@]21C)[C@@]1(C)CCC(=O)C[C@@H]1C[C@H]3O)OS(=O)(=O)O.[2H]C1([2H])C[C@]2(C)C3CC[C@@]4(C)C(CC[C@@H]4[C@H](C)CC[C@@H](OS(=O)(=O)O)C(C)C)C3[C@H](O)C[C@H]2C([2H])([2H])C1=O.[2H]C1([2H])C[C@]2(C)C3CC[C@@]4(C)C(CC[C@@H]4[C@H](C)CC[C@@H](OS(=O)(=O)O)C(C)C)C3[C@H](O)C[C@H]2C([2H])([2H])[C@H]1NCCCNCCCCN. The van der Waals surface area contributed by atoms with Gasteiger partial charge in [-0.15, -0.1) is 0 Å². The Labute approximate surface area is 684 Å². The fraction of sp³-hybridized carbons (Fsp3) is 0.977. The Balaban J connectivity index is 0.000000190. The summed E-state index contributed by atoms with van der Waals surface area (Å²) < 4.78 is 182. The van der Waals surface area contributed by atoms with Crippen LogP contribution in [0.25, 0.3) is 0 Å². The van der Waals surface area contributed by atoms with Crippen LogP contribution in [0.3, 0.4) is 0 Å². The van der Waals surface area contributed by atoms with E-state index in [9.17, 15) is 64.8 Å². The second-order valence-electron chi connectivity index (χ2n) is 41.0. The molecule has 0 radical (unpaired) electrons. The summed E-state index contributed by atoms with van der Waals surface area (Å²) in [4.78, 5) is 24.9. The summed E-state index contributed by atoms with van der Waals surface area (Å²) in [5.41, 5.74) is 4.64. The van der Waals surface area contributed by atoms with Gasteiger partial charge in [-0.25, -0.2) is 12.5 Å². The van der Waals surface area contributed by atoms with Crippen LogP contribution in [0.4, 0.5) is 0 Å². The molecule has 0 aromatic rings. The van der Waals surface area contributed by atoms with E-state index in [0.29, 0.717) is 117 Å². The summed E-state index contributed by atoms with van der Waals surface area (Å²) in [7, 11) is -13.5. The predicted molar refractivity (Wildman–Crippen MR) is 436 cm³/mol. The Morgan fingerprint density at radius 1 is 0.450 bits per heavy atom. The molecule has 12 aliphatic carbocycles. The van der Waals surface area contributed by atoms with Gasteiger partial charge in [-0.1, -0.05) is 104 Å². The normalized spacial score (nSPS) is 45.2. The molecule has 0 spiro atoms. The molecule has 0 heterocycles. The van der Waals surface area contributed by atoms with Crippen LogP contribution in [0, 0.1) is 157 Å². The van der Waals surface area contributed by atoms with Gasteiger partial charge >= 0.3 is 31.2 Å². The lowest BCUT2D eigenvalue weighted by molar-refractivity contribution is -0.169. The van der Waals surface area contributed by atoms with Crippen molar-refractivity contribution in [3.8, 4) is 0 Å². The van der Waals surface area contributed by atoms with Crippen molar-refractivity contribution in [2.75, 3.05) is 26.2 Å². The number of Topliss-reactive ketones (excluding diaryl/α,β-unsaturated/α-hetero) is 2. The third-order valence-electron chi connectivity index (χ3n) is 33.9. The number of rotatable bonds is 30. The first kappa shape index (κ1) is 80.8. The molecule has 23 heteroatoms. The molecule has 0 aromatic heterocycles. The van der Waals surface area contributed by atoms with Crippen molar-refractivity contribution in [3.63, 3.8) is 0 Å². The van der Waals surface area contributed by atoms with E-state index in [0.717, 1.165) is 135 Å². The van der Waals surface area contributed by atoms with Crippen molar-refractivity contribution in [1.29, 1.82) is 0 Å². The fourth-order valence-electron chi connectivity index (χ4n) is 27.8. The Hall–Kier alpha value is -1.29. The summed E-state index contributed by atoms with van der Waals surface area (Å²) in [6, 6.07) is -0.931. The highest BCUT2D eigenvalue weighted by Crippen LogP contribution is 2.72. The molecule has 0 aliphatic heterocycles. The number of carbonyl (C=O) groups is 2. The van der Waals surface area contributed by atoms with E-state index in [4.69, 9.17) is 28.3 Å². The molecule has 10 N–H and O–H groups in total. The van der Waals surface area contributed by atoms with Crippen molar-refractivity contribution < 1.29 is 87.3 Å². The van der Waals surface area contributed by atoms with Crippen molar-refractivity contribution in [2.45, 2.75) is 358 Å². The van der Waals surface area contributed by atoms with Gasteiger partial charge in [-0.2, -0.15) is 25.3 Å². The largest absolute Gasteiger partial charge is 0.397 e. The zero-order valence-electron chi connectivity index (χ0n) is 78.5. The van der Waals surface area contributed by atoms with Crippen LogP contribution in [0.2, 0.25) is 0 Å². The lowest BCUT2D eigenvalue weighted by atomic mass is 9.43. The van der Waals surface area contributed by atoms with E-state index in [1.807, 2.05) is 48.5 Å². The van der Waals surface area contributed by atoms with Gasteiger partial charge in [0.1, 0.15) is 11.6 Å². The molecule has 0 aromatic carbocycles. The molecule has 12 fully saturated rings. The van der Waals surface area contributed by atoms with E-state index in [1.54, 1.807) is 0 Å². The summed E-state index contributed by atoms with van der Waals surface area (Å²) in [5.74, 6) is 2.64. The first-order valence-corrected chi connectivity index (χ1v) is 48.1. The molecule has 20 nitrogen and oxygen atoms in total. The zero-order valence-corrected chi connectivity index (χ0v) is 72.9. The van der Waals surface area contributed by atoms with Crippen LogP contribution < -0.4 is 16.4 Å². The highest BCUT2D eigenvalue weighted by Gasteiger charge is 2.67. The van der Waals surface area contributed by atoms with E-state index in [1.165, 1.54) is 6.42 Å². The highest BCUT2D eigenvalue weighted by atomic mass is 32.3. The lowest BCUT2D eigenvalue weighted by Crippen LogP contribution is -2.59. The maximum atomic E-state index is 12.7. The fourth-order valence-corrected chi connectivity index (χ4v) is 29.7. The molecule has 111 heavy (non-hydrogen) atoms. The smallest absolute Gasteiger partial charge is 0.393 e. The number of hydrogen-bond acceptors (Lipinski definition) is 17. The molecule has 0 amide bonds. The quantitative estimate of drug-likeness (QED) is 0.0238. The van der Waals surface area contributed by atoms with Gasteiger partial charge in [0, 0.05) is 42.6 Å². The van der Waals surface area contributed by atoms with Crippen LogP contribution in [0.15, 0.2) is 0 Å². The molecule has 9 unspecified atom stereocenters. The number of aliphatic hydroxyl groups excluding tert-OH is 3. The zero-order chi connectivity index (χ0) is 88.7. The third kappa shape index (κ3) is 20.5. The van der Waals surface area contributed by atoms with Crippen molar-refractivity contribution in [3.05, 3.63) is 0 Å². The highest BCUT2D eigenvalue weighted by molar-refractivity contribution is 7.81. The van der Waals surface area contributed by atoms with Gasteiger partial charge in [-0.3, -0.25) is 23.2 Å². The Kier molecular flexibility index (Phi) is 26.9. The Bertz CT molecular complexity index is 3820. The Morgan fingerprint density at radius 2 is 0.820 bits per heavy atom. The van der Waals surface area contributed by atoms with Gasteiger partial charge in [-0.05, 0) is 369 Å². The summed E-state index contributed by atoms with van der Waals surface area (Å²) in [5, 5.41) is 41.4. The first-order valence-electron chi connectivity index (χ1n) is 48.0. The second kappa shape index (κ2) is 37.0. The van der Waals surface area contributed by atoms with Crippen LogP contribution in [0.1, 0.15) is 327 Å². The van der Waals surface area contributed by atoms with Crippen LogP contribution in [-0.2, 0) is 53.3 Å². The topological polar surface area (TPSA) is 336 Å². The number of fused-ring (bicyclic) bond motifs is 15. The molecule has 31 atom stereocenters. The Morgan fingerprint density at radius 3 is 1.22 bits per heavy atom. The van der Waals surface area contributed by atoms with E-state index in [-0.39, 0.29) is 99.8 Å². The van der Waals surface area contributed by atoms with Crippen LogP contribution in [-0.4, -0.2) is 135 Å². The van der Waals surface area contributed by atoms with Gasteiger partial charge in [0.05, 0.1) is 36.6 Å². The van der Waals surface area contributed by atoms with Crippen molar-refractivity contribution in [1.82, 2.24) is 10.6 Å². The van der Waals surface area contributed by atoms with Crippen LogP contribution in [0.5, 0.6) is 0 Å².